The van der Waals surface area contributed by atoms with Crippen LogP contribution in [0.5, 0.6) is 5.75 Å². The maximum absolute atomic E-state index is 12.4. The number of rotatable bonds is 9. The number of para-hydroxylation sites is 2. The second kappa shape index (κ2) is 10.3. The Morgan fingerprint density at radius 2 is 1.50 bits per heavy atom. The van der Waals surface area contributed by atoms with Crippen LogP contribution in [-0.4, -0.2) is 36.5 Å². The zero-order chi connectivity index (χ0) is 22.2. The van der Waals surface area contributed by atoms with E-state index in [1.165, 1.54) is 0 Å². The molecule has 6 heteroatoms. The van der Waals surface area contributed by atoms with Crippen molar-refractivity contribution in [3.05, 3.63) is 102 Å². The van der Waals surface area contributed by atoms with E-state index in [2.05, 4.69) is 33.8 Å². The lowest BCUT2D eigenvalue weighted by Gasteiger charge is -2.18. The summed E-state index contributed by atoms with van der Waals surface area (Å²) in [6.07, 6.45) is 2.00. The third-order valence-electron chi connectivity index (χ3n) is 5.26. The van der Waals surface area contributed by atoms with Crippen LogP contribution < -0.4 is 15.4 Å². The largest absolute Gasteiger partial charge is 0.484 e. The van der Waals surface area contributed by atoms with Crippen LogP contribution in [0.1, 0.15) is 17.0 Å². The highest BCUT2D eigenvalue weighted by Crippen LogP contribution is 2.30. The molecule has 0 saturated heterocycles. The summed E-state index contributed by atoms with van der Waals surface area (Å²) in [7, 11) is 0. The van der Waals surface area contributed by atoms with E-state index >= 15 is 0 Å². The number of hydrogen-bond acceptors (Lipinski definition) is 3. The zero-order valence-corrected chi connectivity index (χ0v) is 17.6. The molecule has 0 saturated carbocycles. The van der Waals surface area contributed by atoms with Crippen molar-refractivity contribution in [2.45, 2.75) is 5.92 Å². The van der Waals surface area contributed by atoms with Gasteiger partial charge in [0, 0.05) is 29.6 Å². The lowest BCUT2D eigenvalue weighted by Crippen LogP contribution is -2.40. The van der Waals surface area contributed by atoms with Gasteiger partial charge in [-0.3, -0.25) is 9.59 Å². The summed E-state index contributed by atoms with van der Waals surface area (Å²) in [4.78, 5) is 27.7. The van der Waals surface area contributed by atoms with Gasteiger partial charge in [0.15, 0.2) is 6.61 Å². The van der Waals surface area contributed by atoms with E-state index in [4.69, 9.17) is 4.74 Å². The SMILES string of the molecule is O=C(CNC(=O)COc1ccccc1)NCC(c1ccccc1)c1c[nH]c2ccccc12. The summed E-state index contributed by atoms with van der Waals surface area (Å²) in [5.41, 5.74) is 3.28. The number of amides is 2. The van der Waals surface area contributed by atoms with Crippen LogP contribution in [0.3, 0.4) is 0 Å². The van der Waals surface area contributed by atoms with Crippen LogP contribution in [0.2, 0.25) is 0 Å². The van der Waals surface area contributed by atoms with E-state index < -0.39 is 0 Å². The molecule has 0 radical (unpaired) electrons. The monoisotopic (exact) mass is 427 g/mol. The van der Waals surface area contributed by atoms with Crippen molar-refractivity contribution in [1.29, 1.82) is 0 Å². The molecule has 4 rings (SSSR count). The van der Waals surface area contributed by atoms with Gasteiger partial charge in [-0.25, -0.2) is 0 Å². The smallest absolute Gasteiger partial charge is 0.258 e. The van der Waals surface area contributed by atoms with Crippen LogP contribution in [-0.2, 0) is 9.59 Å². The second-order valence-corrected chi connectivity index (χ2v) is 7.44. The third kappa shape index (κ3) is 5.35. The molecule has 162 valence electrons. The highest BCUT2D eigenvalue weighted by Gasteiger charge is 2.19. The van der Waals surface area contributed by atoms with Gasteiger partial charge in [-0.1, -0.05) is 66.7 Å². The summed E-state index contributed by atoms with van der Waals surface area (Å²) in [6.45, 7) is 0.173. The number of aromatic amines is 1. The molecule has 3 N–H and O–H groups in total. The van der Waals surface area contributed by atoms with Crippen LogP contribution in [0.4, 0.5) is 0 Å². The van der Waals surface area contributed by atoms with Crippen LogP contribution in [0.25, 0.3) is 10.9 Å². The first-order valence-electron chi connectivity index (χ1n) is 10.5. The summed E-state index contributed by atoms with van der Waals surface area (Å²) in [5, 5.41) is 6.68. The molecule has 1 atom stereocenters. The number of carbonyl (C=O) groups is 2. The van der Waals surface area contributed by atoms with Crippen LogP contribution in [0.15, 0.2) is 91.1 Å². The molecular formula is C26H25N3O3. The topological polar surface area (TPSA) is 83.2 Å². The molecule has 4 aromatic rings. The van der Waals surface area contributed by atoms with E-state index in [0.29, 0.717) is 12.3 Å². The average Bonchev–Trinajstić information content (AvgIpc) is 3.27. The number of hydrogen-bond donors (Lipinski definition) is 3. The Hall–Kier alpha value is -4.06. The number of fused-ring (bicyclic) bond motifs is 1. The number of aromatic nitrogens is 1. The maximum atomic E-state index is 12.4. The predicted molar refractivity (Wildman–Crippen MR) is 125 cm³/mol. The van der Waals surface area contributed by atoms with Gasteiger partial charge in [0.25, 0.3) is 5.91 Å². The lowest BCUT2D eigenvalue weighted by molar-refractivity contribution is -0.127. The van der Waals surface area contributed by atoms with Crippen molar-refractivity contribution in [2.75, 3.05) is 19.7 Å². The first-order chi connectivity index (χ1) is 15.7. The van der Waals surface area contributed by atoms with Crippen molar-refractivity contribution in [2.24, 2.45) is 0 Å². The van der Waals surface area contributed by atoms with Gasteiger partial charge in [0.2, 0.25) is 5.91 Å². The molecule has 2 amide bonds. The van der Waals surface area contributed by atoms with E-state index in [9.17, 15) is 9.59 Å². The number of H-pyrrole nitrogens is 1. The fourth-order valence-electron chi connectivity index (χ4n) is 3.65. The van der Waals surface area contributed by atoms with Gasteiger partial charge >= 0.3 is 0 Å². The normalized spacial score (nSPS) is 11.6. The summed E-state index contributed by atoms with van der Waals surface area (Å²) in [6, 6.07) is 27.3. The zero-order valence-electron chi connectivity index (χ0n) is 17.6. The minimum Gasteiger partial charge on any atom is -0.484 e. The molecule has 0 aliphatic carbocycles. The molecule has 6 nitrogen and oxygen atoms in total. The molecular weight excluding hydrogens is 402 g/mol. The van der Waals surface area contributed by atoms with E-state index in [0.717, 1.165) is 22.0 Å². The van der Waals surface area contributed by atoms with Gasteiger partial charge < -0.3 is 20.4 Å². The van der Waals surface area contributed by atoms with E-state index in [1.807, 2.05) is 60.8 Å². The Kier molecular flexibility index (Phi) is 6.82. The molecule has 32 heavy (non-hydrogen) atoms. The average molecular weight is 428 g/mol. The van der Waals surface area contributed by atoms with E-state index in [1.54, 1.807) is 12.1 Å². The Morgan fingerprint density at radius 1 is 0.812 bits per heavy atom. The van der Waals surface area contributed by atoms with E-state index in [-0.39, 0.29) is 30.9 Å². The highest BCUT2D eigenvalue weighted by atomic mass is 16.5. The highest BCUT2D eigenvalue weighted by molar-refractivity contribution is 5.86. The Labute approximate surface area is 186 Å². The molecule has 0 fully saturated rings. The molecule has 1 unspecified atom stereocenters. The Bertz CT molecular complexity index is 1170. The molecule has 1 aromatic heterocycles. The summed E-state index contributed by atoms with van der Waals surface area (Å²) in [5.74, 6) is -0.0102. The second-order valence-electron chi connectivity index (χ2n) is 7.44. The molecule has 1 heterocycles. The number of carbonyl (C=O) groups excluding carboxylic acids is 2. The van der Waals surface area contributed by atoms with Crippen molar-refractivity contribution < 1.29 is 14.3 Å². The van der Waals surface area contributed by atoms with Gasteiger partial charge in [0.1, 0.15) is 5.75 Å². The minimum absolute atomic E-state index is 0.0200. The summed E-state index contributed by atoms with van der Waals surface area (Å²) < 4.78 is 5.40. The van der Waals surface area contributed by atoms with Crippen molar-refractivity contribution in [3.63, 3.8) is 0 Å². The van der Waals surface area contributed by atoms with Gasteiger partial charge in [0.05, 0.1) is 6.54 Å². The number of ether oxygens (including phenoxy) is 1. The van der Waals surface area contributed by atoms with Gasteiger partial charge in [-0.2, -0.15) is 0 Å². The van der Waals surface area contributed by atoms with Crippen molar-refractivity contribution >= 4 is 22.7 Å². The van der Waals surface area contributed by atoms with Gasteiger partial charge in [-0.05, 0) is 29.3 Å². The molecule has 0 aliphatic rings. The van der Waals surface area contributed by atoms with Crippen LogP contribution in [0, 0.1) is 0 Å². The predicted octanol–water partition coefficient (Wildman–Crippen LogP) is 3.61. The summed E-state index contributed by atoms with van der Waals surface area (Å²) >= 11 is 0. The first-order valence-corrected chi connectivity index (χ1v) is 10.5. The Balaban J connectivity index is 1.35. The molecule has 0 aliphatic heterocycles. The van der Waals surface area contributed by atoms with Crippen molar-refractivity contribution in [3.8, 4) is 5.75 Å². The molecule has 0 spiro atoms. The first kappa shape index (κ1) is 21.2. The lowest BCUT2D eigenvalue weighted by atomic mass is 9.91. The molecule has 3 aromatic carbocycles. The van der Waals surface area contributed by atoms with Crippen LogP contribution >= 0.6 is 0 Å². The number of nitrogens with one attached hydrogen (secondary N) is 3. The maximum Gasteiger partial charge on any atom is 0.258 e. The fourth-order valence-corrected chi connectivity index (χ4v) is 3.65. The quantitative estimate of drug-likeness (QED) is 0.382. The third-order valence-corrected chi connectivity index (χ3v) is 5.26. The Morgan fingerprint density at radius 3 is 2.28 bits per heavy atom. The fraction of sp³-hybridized carbons (Fsp3) is 0.154. The van der Waals surface area contributed by atoms with Crippen molar-refractivity contribution in [1.82, 2.24) is 15.6 Å². The number of benzene rings is 3. The van der Waals surface area contributed by atoms with Gasteiger partial charge in [-0.15, -0.1) is 0 Å². The minimum atomic E-state index is -0.347. The molecule has 0 bridgehead atoms. The standard InChI is InChI=1S/C26H25N3O3/c30-25(17-29-26(31)18-32-20-11-5-2-6-12-20)28-15-22(19-9-3-1-4-10-19)23-16-27-24-14-8-7-13-21(23)24/h1-14,16,22,27H,15,17-18H2,(H,28,30)(H,29,31).